The molecule has 0 radical (unpaired) electrons. The summed E-state index contributed by atoms with van der Waals surface area (Å²) in [6, 6.07) is 10.0. The number of benzene rings is 1. The van der Waals surface area contributed by atoms with Crippen LogP contribution in [0.25, 0.3) is 16.9 Å². The van der Waals surface area contributed by atoms with E-state index in [0.29, 0.717) is 0 Å². The normalized spacial score (nSPS) is 10.9. The summed E-state index contributed by atoms with van der Waals surface area (Å²) in [5, 5.41) is 0.759. The fourth-order valence-electron chi connectivity index (χ4n) is 1.67. The third-order valence-electron chi connectivity index (χ3n) is 2.49. The van der Waals surface area contributed by atoms with Crippen LogP contribution in [0.15, 0.2) is 48.0 Å². The molecular weight excluding hydrogens is 232 g/mol. The largest absolute Gasteiger partial charge is 0.283 e. The van der Waals surface area contributed by atoms with Gasteiger partial charge in [0.05, 0.1) is 6.20 Å². The van der Waals surface area contributed by atoms with Gasteiger partial charge in [0, 0.05) is 5.69 Å². The predicted octanol–water partition coefficient (Wildman–Crippen LogP) is 2.54. The topological polar surface area (TPSA) is 43.6 Å². The zero-order valence-electron chi connectivity index (χ0n) is 9.24. The van der Waals surface area contributed by atoms with Crippen LogP contribution < -0.4 is 0 Å². The van der Waals surface area contributed by atoms with Crippen LogP contribution in [0.4, 0.5) is 0 Å². The molecule has 0 bridgehead atoms. The molecule has 0 saturated heterocycles. The van der Waals surface area contributed by atoms with Crippen LogP contribution in [0, 0.1) is 0 Å². The van der Waals surface area contributed by atoms with Crippen molar-refractivity contribution in [2.24, 2.45) is 0 Å². The molecule has 1 aromatic carbocycles. The Labute approximate surface area is 103 Å². The Morgan fingerprint density at radius 1 is 1.12 bits per heavy atom. The van der Waals surface area contributed by atoms with Crippen LogP contribution in [0.5, 0.6) is 0 Å². The second-order valence-corrected chi connectivity index (χ2v) is 4.29. The molecule has 0 unspecified atom stereocenters. The molecule has 0 saturated carbocycles. The highest BCUT2D eigenvalue weighted by Gasteiger charge is 2.07. The SMILES string of the molecule is CSc1ncc2ncn(-c3ccccc3)c2n1. The minimum atomic E-state index is 0.759. The zero-order chi connectivity index (χ0) is 11.7. The third-order valence-corrected chi connectivity index (χ3v) is 3.05. The lowest BCUT2D eigenvalue weighted by molar-refractivity contribution is 0.970. The van der Waals surface area contributed by atoms with Crippen molar-refractivity contribution in [1.82, 2.24) is 19.5 Å². The number of fused-ring (bicyclic) bond motifs is 1. The monoisotopic (exact) mass is 242 g/mol. The minimum absolute atomic E-state index is 0.759. The molecule has 2 heterocycles. The van der Waals surface area contributed by atoms with Gasteiger partial charge >= 0.3 is 0 Å². The van der Waals surface area contributed by atoms with Gasteiger partial charge in [0.2, 0.25) is 0 Å². The molecule has 2 aromatic heterocycles. The fourth-order valence-corrected chi connectivity index (χ4v) is 2.01. The van der Waals surface area contributed by atoms with E-state index in [1.54, 1.807) is 12.5 Å². The molecule has 0 N–H and O–H groups in total. The molecule has 0 aliphatic heterocycles. The van der Waals surface area contributed by atoms with Crippen molar-refractivity contribution in [3.8, 4) is 5.69 Å². The summed E-state index contributed by atoms with van der Waals surface area (Å²) in [5.41, 5.74) is 2.71. The third kappa shape index (κ3) is 1.78. The molecule has 0 fully saturated rings. The molecule has 0 amide bonds. The molecule has 3 aromatic rings. The van der Waals surface area contributed by atoms with Gasteiger partial charge in [0.1, 0.15) is 11.8 Å². The first kappa shape index (κ1) is 10.3. The Morgan fingerprint density at radius 3 is 2.71 bits per heavy atom. The lowest BCUT2D eigenvalue weighted by Crippen LogP contribution is -1.95. The average Bonchev–Trinajstić information content (AvgIpc) is 2.82. The van der Waals surface area contributed by atoms with Crippen molar-refractivity contribution in [3.63, 3.8) is 0 Å². The van der Waals surface area contributed by atoms with E-state index in [0.717, 1.165) is 22.0 Å². The summed E-state index contributed by atoms with van der Waals surface area (Å²) < 4.78 is 1.97. The van der Waals surface area contributed by atoms with Gasteiger partial charge < -0.3 is 0 Å². The second-order valence-electron chi connectivity index (χ2n) is 3.52. The van der Waals surface area contributed by atoms with Gasteiger partial charge in [-0.2, -0.15) is 0 Å². The van der Waals surface area contributed by atoms with E-state index in [1.807, 2.05) is 41.2 Å². The van der Waals surface area contributed by atoms with Crippen molar-refractivity contribution in [2.75, 3.05) is 6.26 Å². The van der Waals surface area contributed by atoms with E-state index in [4.69, 9.17) is 0 Å². The quantitative estimate of drug-likeness (QED) is 0.511. The number of hydrogen-bond donors (Lipinski definition) is 0. The Morgan fingerprint density at radius 2 is 1.94 bits per heavy atom. The van der Waals surface area contributed by atoms with Gasteiger partial charge in [0.25, 0.3) is 0 Å². The average molecular weight is 242 g/mol. The summed E-state index contributed by atoms with van der Waals surface area (Å²) in [7, 11) is 0. The Hall–Kier alpha value is -1.88. The Balaban J connectivity index is 2.23. The van der Waals surface area contributed by atoms with Crippen LogP contribution >= 0.6 is 11.8 Å². The van der Waals surface area contributed by atoms with Crippen molar-refractivity contribution in [3.05, 3.63) is 42.9 Å². The maximum atomic E-state index is 4.48. The lowest BCUT2D eigenvalue weighted by Gasteiger charge is -2.03. The summed E-state index contributed by atoms with van der Waals surface area (Å²) >= 11 is 1.53. The molecule has 4 nitrogen and oxygen atoms in total. The molecule has 5 heteroatoms. The van der Waals surface area contributed by atoms with Crippen LogP contribution in [0.3, 0.4) is 0 Å². The molecule has 3 rings (SSSR count). The Bertz CT molecular complexity index is 648. The maximum Gasteiger partial charge on any atom is 0.189 e. The van der Waals surface area contributed by atoms with Crippen LogP contribution in [0.2, 0.25) is 0 Å². The molecule has 0 atom stereocenters. The van der Waals surface area contributed by atoms with Crippen molar-refractivity contribution >= 4 is 22.9 Å². The molecule has 0 aliphatic carbocycles. The van der Waals surface area contributed by atoms with E-state index < -0.39 is 0 Å². The van der Waals surface area contributed by atoms with E-state index in [-0.39, 0.29) is 0 Å². The van der Waals surface area contributed by atoms with Gasteiger partial charge in [-0.25, -0.2) is 15.0 Å². The van der Waals surface area contributed by atoms with E-state index >= 15 is 0 Å². The fraction of sp³-hybridized carbons (Fsp3) is 0.0833. The van der Waals surface area contributed by atoms with E-state index in [9.17, 15) is 0 Å². The smallest absolute Gasteiger partial charge is 0.189 e. The van der Waals surface area contributed by atoms with Gasteiger partial charge in [-0.3, -0.25) is 4.57 Å². The van der Waals surface area contributed by atoms with Crippen molar-refractivity contribution in [2.45, 2.75) is 5.16 Å². The first-order chi connectivity index (χ1) is 8.38. The van der Waals surface area contributed by atoms with Gasteiger partial charge in [-0.15, -0.1) is 0 Å². The number of aromatic nitrogens is 4. The number of thioether (sulfide) groups is 1. The zero-order valence-corrected chi connectivity index (χ0v) is 10.1. The summed E-state index contributed by atoms with van der Waals surface area (Å²) in [4.78, 5) is 13.0. The van der Waals surface area contributed by atoms with Crippen LogP contribution in [0.1, 0.15) is 0 Å². The highest BCUT2D eigenvalue weighted by Crippen LogP contribution is 2.17. The summed E-state index contributed by atoms with van der Waals surface area (Å²) in [6.45, 7) is 0. The second kappa shape index (κ2) is 4.18. The van der Waals surface area contributed by atoms with Gasteiger partial charge in [0.15, 0.2) is 10.8 Å². The Kier molecular flexibility index (Phi) is 2.53. The van der Waals surface area contributed by atoms with Crippen LogP contribution in [-0.2, 0) is 0 Å². The van der Waals surface area contributed by atoms with Crippen LogP contribution in [-0.4, -0.2) is 25.8 Å². The minimum Gasteiger partial charge on any atom is -0.283 e. The summed E-state index contributed by atoms with van der Waals surface area (Å²) in [6.07, 6.45) is 5.50. The number of rotatable bonds is 2. The predicted molar refractivity (Wildman–Crippen MR) is 68.4 cm³/mol. The number of para-hydroxylation sites is 1. The van der Waals surface area contributed by atoms with Crippen molar-refractivity contribution in [1.29, 1.82) is 0 Å². The molecule has 17 heavy (non-hydrogen) atoms. The highest BCUT2D eigenvalue weighted by molar-refractivity contribution is 7.98. The standard InChI is InChI=1S/C12H10N4S/c1-17-12-13-7-10-11(15-12)16(8-14-10)9-5-3-2-4-6-9/h2-8H,1H3. The van der Waals surface area contributed by atoms with E-state index in [2.05, 4.69) is 15.0 Å². The molecule has 84 valence electrons. The van der Waals surface area contributed by atoms with Gasteiger partial charge in [-0.1, -0.05) is 30.0 Å². The number of nitrogens with zero attached hydrogens (tertiary/aromatic N) is 4. The van der Waals surface area contributed by atoms with Crippen molar-refractivity contribution < 1.29 is 0 Å². The molecule has 0 aliphatic rings. The van der Waals surface area contributed by atoms with Gasteiger partial charge in [-0.05, 0) is 18.4 Å². The molecular formula is C12H10N4S. The van der Waals surface area contributed by atoms with E-state index in [1.165, 1.54) is 11.8 Å². The number of hydrogen-bond acceptors (Lipinski definition) is 4. The first-order valence-electron chi connectivity index (χ1n) is 5.18. The highest BCUT2D eigenvalue weighted by atomic mass is 32.2. The maximum absolute atomic E-state index is 4.48. The first-order valence-corrected chi connectivity index (χ1v) is 6.40. The lowest BCUT2D eigenvalue weighted by atomic mass is 10.3. The summed E-state index contributed by atoms with van der Waals surface area (Å²) in [5.74, 6) is 0. The molecule has 0 spiro atoms. The number of imidazole rings is 1.